The zero-order valence-corrected chi connectivity index (χ0v) is 11.2. The number of benzene rings is 1. The first kappa shape index (κ1) is 14.5. The van der Waals surface area contributed by atoms with Crippen molar-refractivity contribution in [3.05, 3.63) is 24.3 Å². The summed E-state index contributed by atoms with van der Waals surface area (Å²) in [6, 6.07) is 7.24. The number of nitrogens with zero attached hydrogens (tertiary/aromatic N) is 1. The van der Waals surface area contributed by atoms with Crippen LogP contribution in [0.5, 0.6) is 0 Å². The molecule has 6 heteroatoms. The summed E-state index contributed by atoms with van der Waals surface area (Å²) >= 11 is 1.55. The summed E-state index contributed by atoms with van der Waals surface area (Å²) in [5.74, 6) is -1.37. The molecule has 2 N–H and O–H groups in total. The second-order valence-corrected chi connectivity index (χ2v) is 4.52. The number of nitrogens with one attached hydrogen (secondary N) is 1. The Morgan fingerprint density at radius 3 is 2.78 bits per heavy atom. The highest BCUT2D eigenvalue weighted by Gasteiger charge is 2.18. The van der Waals surface area contributed by atoms with E-state index in [2.05, 4.69) is 5.32 Å². The third kappa shape index (κ3) is 4.05. The molecule has 18 heavy (non-hydrogen) atoms. The number of hydrogen-bond acceptors (Lipinski definition) is 4. The van der Waals surface area contributed by atoms with Crippen LogP contribution in [-0.2, 0) is 9.59 Å². The van der Waals surface area contributed by atoms with Gasteiger partial charge in [0.15, 0.2) is 0 Å². The van der Waals surface area contributed by atoms with Crippen molar-refractivity contribution < 1.29 is 14.7 Å². The summed E-state index contributed by atoms with van der Waals surface area (Å²) in [5, 5.41) is 11.2. The number of carbonyl (C=O) groups is 2. The van der Waals surface area contributed by atoms with Crippen LogP contribution in [0.2, 0.25) is 0 Å². The van der Waals surface area contributed by atoms with E-state index in [0.29, 0.717) is 5.69 Å². The summed E-state index contributed by atoms with van der Waals surface area (Å²) < 4.78 is 0. The van der Waals surface area contributed by atoms with Gasteiger partial charge >= 0.3 is 11.8 Å². The van der Waals surface area contributed by atoms with E-state index in [1.54, 1.807) is 23.9 Å². The van der Waals surface area contributed by atoms with Crippen LogP contribution in [0.25, 0.3) is 0 Å². The van der Waals surface area contributed by atoms with Crippen molar-refractivity contribution in [1.29, 1.82) is 0 Å². The van der Waals surface area contributed by atoms with E-state index < -0.39 is 11.8 Å². The van der Waals surface area contributed by atoms with Crippen LogP contribution < -0.4 is 5.32 Å². The Morgan fingerprint density at radius 1 is 1.44 bits per heavy atom. The molecule has 1 rings (SSSR count). The molecule has 0 unspecified atom stereocenters. The predicted octanol–water partition coefficient (Wildman–Crippen LogP) is 0.798. The number of aliphatic hydroxyl groups excluding tert-OH is 1. The van der Waals surface area contributed by atoms with E-state index in [1.165, 1.54) is 11.9 Å². The van der Waals surface area contributed by atoms with E-state index in [0.717, 1.165) is 4.90 Å². The monoisotopic (exact) mass is 268 g/mol. The molecular weight excluding hydrogens is 252 g/mol. The van der Waals surface area contributed by atoms with Gasteiger partial charge in [0.05, 0.1) is 6.61 Å². The second-order valence-electron chi connectivity index (χ2n) is 3.64. The van der Waals surface area contributed by atoms with Gasteiger partial charge in [-0.05, 0) is 24.5 Å². The highest BCUT2D eigenvalue weighted by atomic mass is 32.2. The van der Waals surface area contributed by atoms with Crippen LogP contribution in [0.4, 0.5) is 5.69 Å². The molecule has 0 aliphatic carbocycles. The van der Waals surface area contributed by atoms with Gasteiger partial charge in [0.2, 0.25) is 0 Å². The number of likely N-dealkylation sites (N-methyl/N-ethyl adjacent to an activating group) is 1. The molecule has 0 aliphatic heterocycles. The molecule has 0 saturated heterocycles. The van der Waals surface area contributed by atoms with Crippen molar-refractivity contribution in [3.63, 3.8) is 0 Å². The largest absolute Gasteiger partial charge is 0.395 e. The Hall–Kier alpha value is -1.53. The standard InChI is InChI=1S/C12H16N2O3S/c1-14(6-7-15)12(17)11(16)13-9-4-3-5-10(8-9)18-2/h3-5,8,15H,6-7H2,1-2H3,(H,13,16). The van der Waals surface area contributed by atoms with Crippen LogP contribution in [0.1, 0.15) is 0 Å². The first-order chi connectivity index (χ1) is 8.58. The minimum Gasteiger partial charge on any atom is -0.395 e. The van der Waals surface area contributed by atoms with Crippen molar-refractivity contribution >= 4 is 29.3 Å². The van der Waals surface area contributed by atoms with Gasteiger partial charge in [-0.1, -0.05) is 6.07 Å². The fraction of sp³-hybridized carbons (Fsp3) is 0.333. The van der Waals surface area contributed by atoms with Gasteiger partial charge < -0.3 is 15.3 Å². The molecule has 0 heterocycles. The average Bonchev–Trinajstić information content (AvgIpc) is 2.38. The Bertz CT molecular complexity index is 437. The summed E-state index contributed by atoms with van der Waals surface area (Å²) in [5.41, 5.74) is 0.581. The van der Waals surface area contributed by atoms with E-state index in [1.807, 2.05) is 18.4 Å². The molecular formula is C12H16N2O3S. The lowest BCUT2D eigenvalue weighted by Gasteiger charge is -2.15. The third-order valence-corrected chi connectivity index (χ3v) is 3.03. The van der Waals surface area contributed by atoms with Crippen LogP contribution in [0.15, 0.2) is 29.2 Å². The van der Waals surface area contributed by atoms with Gasteiger partial charge in [-0.25, -0.2) is 0 Å². The minimum absolute atomic E-state index is 0.136. The molecule has 1 aromatic carbocycles. The number of thioether (sulfide) groups is 1. The lowest BCUT2D eigenvalue weighted by Crippen LogP contribution is -2.38. The molecule has 0 aromatic heterocycles. The van der Waals surface area contributed by atoms with Crippen molar-refractivity contribution in [2.45, 2.75) is 4.90 Å². The molecule has 1 aromatic rings. The maximum absolute atomic E-state index is 11.6. The maximum Gasteiger partial charge on any atom is 0.313 e. The summed E-state index contributed by atoms with van der Waals surface area (Å²) in [6.45, 7) is -0.0332. The molecule has 0 spiro atoms. The number of hydrogen-bond donors (Lipinski definition) is 2. The van der Waals surface area contributed by atoms with Crippen LogP contribution in [-0.4, -0.2) is 48.3 Å². The number of amides is 2. The van der Waals surface area contributed by atoms with Crippen molar-refractivity contribution in [2.75, 3.05) is 31.8 Å². The lowest BCUT2D eigenvalue weighted by atomic mass is 10.3. The second kappa shape index (κ2) is 7.03. The number of anilines is 1. The van der Waals surface area contributed by atoms with Crippen LogP contribution in [0.3, 0.4) is 0 Å². The molecule has 2 amide bonds. The Labute approximate surface area is 110 Å². The summed E-state index contributed by atoms with van der Waals surface area (Å²) in [7, 11) is 1.47. The number of carbonyl (C=O) groups excluding carboxylic acids is 2. The first-order valence-electron chi connectivity index (χ1n) is 5.40. The van der Waals surface area contributed by atoms with Gasteiger partial charge in [-0.2, -0.15) is 0 Å². The molecule has 0 saturated carbocycles. The number of rotatable bonds is 4. The van der Waals surface area contributed by atoms with E-state index in [-0.39, 0.29) is 13.2 Å². The van der Waals surface area contributed by atoms with Gasteiger partial charge in [0, 0.05) is 24.2 Å². The van der Waals surface area contributed by atoms with Crippen LogP contribution >= 0.6 is 11.8 Å². The quantitative estimate of drug-likeness (QED) is 0.626. The smallest absolute Gasteiger partial charge is 0.313 e. The molecule has 0 radical (unpaired) electrons. The summed E-state index contributed by atoms with van der Waals surface area (Å²) in [6.07, 6.45) is 1.93. The average molecular weight is 268 g/mol. The predicted molar refractivity (Wildman–Crippen MR) is 71.6 cm³/mol. The lowest BCUT2D eigenvalue weighted by molar-refractivity contribution is -0.142. The van der Waals surface area contributed by atoms with Gasteiger partial charge in [-0.3, -0.25) is 9.59 Å². The number of aliphatic hydroxyl groups is 1. The molecule has 98 valence electrons. The normalized spacial score (nSPS) is 9.94. The SMILES string of the molecule is CSc1cccc(NC(=O)C(=O)N(C)CCO)c1. The molecule has 0 fully saturated rings. The van der Waals surface area contributed by atoms with Crippen LogP contribution in [0, 0.1) is 0 Å². The van der Waals surface area contributed by atoms with Crippen molar-refractivity contribution in [1.82, 2.24) is 4.90 Å². The summed E-state index contributed by atoms with van der Waals surface area (Å²) in [4.78, 5) is 25.4. The van der Waals surface area contributed by atoms with Crippen molar-refractivity contribution in [3.8, 4) is 0 Å². The highest BCUT2D eigenvalue weighted by Crippen LogP contribution is 2.18. The van der Waals surface area contributed by atoms with Crippen molar-refractivity contribution in [2.24, 2.45) is 0 Å². The molecule has 5 nitrogen and oxygen atoms in total. The zero-order chi connectivity index (χ0) is 13.5. The first-order valence-corrected chi connectivity index (χ1v) is 6.62. The molecule has 0 bridgehead atoms. The van der Waals surface area contributed by atoms with Gasteiger partial charge in [0.25, 0.3) is 0 Å². The highest BCUT2D eigenvalue weighted by molar-refractivity contribution is 7.98. The zero-order valence-electron chi connectivity index (χ0n) is 10.3. The fourth-order valence-electron chi connectivity index (χ4n) is 1.31. The Kier molecular flexibility index (Phi) is 5.67. The minimum atomic E-state index is -0.704. The maximum atomic E-state index is 11.6. The Balaban J connectivity index is 2.66. The van der Waals surface area contributed by atoms with E-state index >= 15 is 0 Å². The molecule has 0 aliphatic rings. The van der Waals surface area contributed by atoms with Gasteiger partial charge in [0.1, 0.15) is 0 Å². The fourth-order valence-corrected chi connectivity index (χ4v) is 1.77. The van der Waals surface area contributed by atoms with E-state index in [9.17, 15) is 9.59 Å². The third-order valence-electron chi connectivity index (χ3n) is 2.30. The van der Waals surface area contributed by atoms with E-state index in [4.69, 9.17) is 5.11 Å². The molecule has 0 atom stereocenters. The Morgan fingerprint density at radius 2 is 2.17 bits per heavy atom. The van der Waals surface area contributed by atoms with Gasteiger partial charge in [-0.15, -0.1) is 11.8 Å². The topological polar surface area (TPSA) is 69.6 Å².